The molecule has 3 aromatic carbocycles. The Balaban J connectivity index is 1.58. The van der Waals surface area contributed by atoms with Crippen molar-refractivity contribution in [2.45, 2.75) is 25.1 Å². The van der Waals surface area contributed by atoms with Crippen molar-refractivity contribution in [2.75, 3.05) is 5.32 Å². The van der Waals surface area contributed by atoms with Gasteiger partial charge < -0.3 is 10.1 Å². The number of fused-ring (bicyclic) bond motifs is 6. The Bertz CT molecular complexity index is 1290. The maximum absolute atomic E-state index is 13.5. The minimum absolute atomic E-state index is 0.135. The average Bonchev–Trinajstić information content (AvgIpc) is 3.31. The lowest BCUT2D eigenvalue weighted by Crippen LogP contribution is -2.55. The first kappa shape index (κ1) is 18.9. The van der Waals surface area contributed by atoms with Crippen LogP contribution in [0.4, 0.5) is 5.69 Å². The average molecular weight is 495 g/mol. The highest BCUT2D eigenvalue weighted by atomic mass is 79.9. The summed E-state index contributed by atoms with van der Waals surface area (Å²) in [5.74, 6) is 0.467. The Morgan fingerprint density at radius 3 is 2.77 bits per heavy atom. The van der Waals surface area contributed by atoms with Crippen molar-refractivity contribution in [1.82, 2.24) is 5.01 Å². The Morgan fingerprint density at radius 2 is 1.97 bits per heavy atom. The summed E-state index contributed by atoms with van der Waals surface area (Å²) in [6.45, 7) is 2.01. The number of amides is 1. The molecule has 2 unspecified atom stereocenters. The summed E-state index contributed by atoms with van der Waals surface area (Å²) in [5, 5.41) is 10.5. The second-order valence-electron chi connectivity index (χ2n) is 8.05. The summed E-state index contributed by atoms with van der Waals surface area (Å²) in [6.07, 6.45) is 0.657. The summed E-state index contributed by atoms with van der Waals surface area (Å²) in [5.41, 5.74) is 4.13. The van der Waals surface area contributed by atoms with Crippen molar-refractivity contribution < 1.29 is 9.53 Å². The van der Waals surface area contributed by atoms with Crippen LogP contribution in [-0.2, 0) is 10.5 Å². The van der Waals surface area contributed by atoms with Crippen LogP contribution in [0.1, 0.15) is 34.7 Å². The van der Waals surface area contributed by atoms with E-state index in [1.54, 1.807) is 0 Å². The summed E-state index contributed by atoms with van der Waals surface area (Å²) in [7, 11) is 0. The summed E-state index contributed by atoms with van der Waals surface area (Å²) >= 11 is 9.66. The molecular weight excluding hydrogens is 478 g/mol. The highest BCUT2D eigenvalue weighted by molar-refractivity contribution is 9.10. The second kappa shape index (κ2) is 6.58. The number of hydrogen-bond acceptors (Lipinski definition) is 4. The molecule has 0 bridgehead atoms. The normalized spacial score (nSPS) is 23.1. The van der Waals surface area contributed by atoms with Crippen molar-refractivity contribution in [2.24, 2.45) is 5.10 Å². The number of hydrazone groups is 1. The van der Waals surface area contributed by atoms with Crippen molar-refractivity contribution in [3.05, 3.63) is 92.4 Å². The Hall–Kier alpha value is -2.83. The molecule has 1 N–H and O–H groups in total. The van der Waals surface area contributed by atoms with E-state index >= 15 is 0 Å². The van der Waals surface area contributed by atoms with Crippen LogP contribution in [0.5, 0.6) is 5.75 Å². The quantitative estimate of drug-likeness (QED) is 0.468. The van der Waals surface area contributed by atoms with Crippen LogP contribution in [0, 0.1) is 6.92 Å². The first-order chi connectivity index (χ1) is 15.0. The SMILES string of the molecule is Cc1ccc2c(c1)C1(Oc3ccc(Br)cc3C3CC(c4ccc(Cl)cc4)=NN31)C(=O)N2. The van der Waals surface area contributed by atoms with E-state index < -0.39 is 5.72 Å². The van der Waals surface area contributed by atoms with Crippen LogP contribution >= 0.6 is 27.5 Å². The highest BCUT2D eigenvalue weighted by Crippen LogP contribution is 2.54. The van der Waals surface area contributed by atoms with Crippen LogP contribution < -0.4 is 10.1 Å². The molecule has 3 aliphatic rings. The molecule has 3 aliphatic heterocycles. The lowest BCUT2D eigenvalue weighted by Gasteiger charge is -2.44. The van der Waals surface area contributed by atoms with Crippen LogP contribution in [0.15, 0.2) is 70.2 Å². The second-order valence-corrected chi connectivity index (χ2v) is 9.40. The summed E-state index contributed by atoms with van der Waals surface area (Å²) in [6, 6.07) is 19.3. The third-order valence-electron chi connectivity index (χ3n) is 6.10. The Labute approximate surface area is 192 Å². The number of nitrogens with one attached hydrogen (secondary N) is 1. The number of carbonyl (C=O) groups is 1. The Morgan fingerprint density at radius 1 is 1.16 bits per heavy atom. The van der Waals surface area contributed by atoms with Crippen LogP contribution in [0.25, 0.3) is 0 Å². The zero-order valence-electron chi connectivity index (χ0n) is 16.5. The number of anilines is 1. The molecule has 0 saturated heterocycles. The molecule has 0 radical (unpaired) electrons. The van der Waals surface area contributed by atoms with Gasteiger partial charge in [0.2, 0.25) is 0 Å². The molecule has 6 rings (SSSR count). The van der Waals surface area contributed by atoms with Crippen LogP contribution in [-0.4, -0.2) is 16.6 Å². The third-order valence-corrected chi connectivity index (χ3v) is 6.84. The molecule has 3 aromatic rings. The van der Waals surface area contributed by atoms with Gasteiger partial charge in [-0.2, -0.15) is 5.10 Å². The molecule has 1 amide bonds. The number of carbonyl (C=O) groups excluding carboxylic acids is 1. The molecule has 5 nitrogen and oxygen atoms in total. The monoisotopic (exact) mass is 493 g/mol. The molecule has 0 aliphatic carbocycles. The van der Waals surface area contributed by atoms with Gasteiger partial charge in [-0.3, -0.25) is 4.79 Å². The lowest BCUT2D eigenvalue weighted by atomic mass is 9.92. The third kappa shape index (κ3) is 2.68. The van der Waals surface area contributed by atoms with Gasteiger partial charge in [-0.15, -0.1) is 0 Å². The van der Waals surface area contributed by atoms with E-state index in [0.29, 0.717) is 17.2 Å². The van der Waals surface area contributed by atoms with Gasteiger partial charge in [0.1, 0.15) is 5.75 Å². The Kier molecular flexibility index (Phi) is 4.01. The van der Waals surface area contributed by atoms with E-state index in [4.69, 9.17) is 21.4 Å². The number of aryl methyl sites for hydroxylation is 1. The first-order valence-corrected chi connectivity index (χ1v) is 11.2. The zero-order chi connectivity index (χ0) is 21.3. The van der Waals surface area contributed by atoms with Crippen molar-refractivity contribution in [3.8, 4) is 5.75 Å². The van der Waals surface area contributed by atoms with E-state index in [-0.39, 0.29) is 11.9 Å². The number of hydrogen-bond donors (Lipinski definition) is 1. The predicted molar refractivity (Wildman–Crippen MR) is 123 cm³/mol. The van der Waals surface area contributed by atoms with Crippen molar-refractivity contribution in [3.63, 3.8) is 0 Å². The largest absolute Gasteiger partial charge is 0.453 e. The van der Waals surface area contributed by atoms with Crippen LogP contribution in [0.3, 0.4) is 0 Å². The van der Waals surface area contributed by atoms with Crippen LogP contribution in [0.2, 0.25) is 5.02 Å². The molecule has 7 heteroatoms. The lowest BCUT2D eigenvalue weighted by molar-refractivity contribution is -0.161. The summed E-state index contributed by atoms with van der Waals surface area (Å²) < 4.78 is 7.47. The van der Waals surface area contributed by atoms with E-state index in [9.17, 15) is 4.79 Å². The number of rotatable bonds is 1. The smallest absolute Gasteiger partial charge is 0.306 e. The number of benzene rings is 3. The van der Waals surface area contributed by atoms with E-state index in [2.05, 4.69) is 21.2 Å². The fourth-order valence-corrected chi connectivity index (χ4v) is 5.15. The molecule has 3 heterocycles. The molecule has 0 saturated carbocycles. The van der Waals surface area contributed by atoms with E-state index in [1.807, 2.05) is 72.6 Å². The predicted octanol–water partition coefficient (Wildman–Crippen LogP) is 5.76. The van der Waals surface area contributed by atoms with Gasteiger partial charge in [0.15, 0.2) is 0 Å². The minimum Gasteiger partial charge on any atom is -0.453 e. The van der Waals surface area contributed by atoms with Gasteiger partial charge in [-0.1, -0.05) is 51.3 Å². The van der Waals surface area contributed by atoms with Gasteiger partial charge in [0, 0.05) is 21.5 Å². The zero-order valence-corrected chi connectivity index (χ0v) is 18.9. The fourth-order valence-electron chi connectivity index (χ4n) is 4.64. The van der Waals surface area contributed by atoms with Gasteiger partial charge in [-0.05, 0) is 55.0 Å². The molecule has 154 valence electrons. The molecule has 31 heavy (non-hydrogen) atoms. The van der Waals surface area contributed by atoms with Crippen molar-refractivity contribution >= 4 is 44.8 Å². The topological polar surface area (TPSA) is 53.9 Å². The fraction of sp³-hybridized carbons (Fsp3) is 0.167. The summed E-state index contributed by atoms with van der Waals surface area (Å²) in [4.78, 5) is 13.5. The molecule has 2 atom stereocenters. The number of halogens is 2. The van der Waals surface area contributed by atoms with E-state index in [0.717, 1.165) is 38.1 Å². The molecule has 0 aromatic heterocycles. The maximum Gasteiger partial charge on any atom is 0.306 e. The molecular formula is C24H17BrClN3O2. The van der Waals surface area contributed by atoms with Gasteiger partial charge in [0.05, 0.1) is 23.0 Å². The standard InChI is InChI=1S/C24H17BrClN3O2/c1-13-2-8-19-18(10-13)24(23(30)27-19)29-21(17-11-15(25)5-9-22(17)31-24)12-20(28-29)14-3-6-16(26)7-4-14/h2-11,21H,12H2,1H3,(H,27,30). The number of ether oxygens (including phenoxy) is 1. The molecule has 1 spiro atoms. The van der Waals surface area contributed by atoms with Gasteiger partial charge in [0.25, 0.3) is 5.91 Å². The minimum atomic E-state index is -1.35. The first-order valence-electron chi connectivity index (χ1n) is 9.99. The maximum atomic E-state index is 13.5. The number of nitrogens with zero attached hydrogens (tertiary/aromatic N) is 2. The van der Waals surface area contributed by atoms with Crippen molar-refractivity contribution in [1.29, 1.82) is 0 Å². The van der Waals surface area contributed by atoms with Gasteiger partial charge >= 0.3 is 5.72 Å². The molecule has 0 fully saturated rings. The van der Waals surface area contributed by atoms with Gasteiger partial charge in [-0.25, -0.2) is 5.01 Å². The highest BCUT2D eigenvalue weighted by Gasteiger charge is 2.60. The van der Waals surface area contributed by atoms with E-state index in [1.165, 1.54) is 0 Å².